The van der Waals surface area contributed by atoms with E-state index in [-0.39, 0.29) is 5.57 Å². The number of ether oxygens (including phenoxy) is 4. The zero-order valence-electron chi connectivity index (χ0n) is 21.8. The molecular formula is C28H34N2O7. The van der Waals surface area contributed by atoms with Crippen LogP contribution in [0, 0.1) is 6.92 Å². The Morgan fingerprint density at radius 3 is 2.49 bits per heavy atom. The van der Waals surface area contributed by atoms with Gasteiger partial charge in [0, 0.05) is 5.57 Å². The molecule has 37 heavy (non-hydrogen) atoms. The molecule has 9 heteroatoms. The predicted octanol–water partition coefficient (Wildman–Crippen LogP) is 0.550. The van der Waals surface area contributed by atoms with Crippen molar-refractivity contribution < 1.29 is 38.5 Å². The highest BCUT2D eigenvalue weighted by Gasteiger charge is 2.44. The van der Waals surface area contributed by atoms with Gasteiger partial charge in [-0.1, -0.05) is 17.9 Å². The third-order valence-corrected chi connectivity index (χ3v) is 6.92. The van der Waals surface area contributed by atoms with Gasteiger partial charge in [-0.05, 0) is 54.8 Å². The number of likely N-dealkylation sites (tertiary alicyclic amines) is 1. The fourth-order valence-electron chi connectivity index (χ4n) is 4.93. The van der Waals surface area contributed by atoms with E-state index in [0.717, 1.165) is 13.1 Å². The van der Waals surface area contributed by atoms with Gasteiger partial charge in [0.15, 0.2) is 11.5 Å². The van der Waals surface area contributed by atoms with Crippen LogP contribution in [0.4, 0.5) is 0 Å². The highest BCUT2D eigenvalue weighted by atomic mass is 16.5. The summed E-state index contributed by atoms with van der Waals surface area (Å²) in [7, 11) is 3.08. The SMILES string of the molecule is CCOc1ccc(C2C(=C([O-])c3ccc(OC)cc3C)C(=O)C(=O)N2CC[NH+]2CCOCC2)cc1OC. The van der Waals surface area contributed by atoms with Crippen LogP contribution >= 0.6 is 0 Å². The van der Waals surface area contributed by atoms with Gasteiger partial charge in [0.1, 0.15) is 18.8 Å². The molecule has 2 fully saturated rings. The van der Waals surface area contributed by atoms with Gasteiger partial charge in [-0.2, -0.15) is 0 Å². The Kier molecular flexibility index (Phi) is 8.35. The summed E-state index contributed by atoms with van der Waals surface area (Å²) in [6, 6.07) is 9.49. The van der Waals surface area contributed by atoms with Gasteiger partial charge in [-0.3, -0.25) is 9.59 Å². The molecule has 0 saturated carbocycles. The van der Waals surface area contributed by atoms with E-state index >= 15 is 0 Å². The van der Waals surface area contributed by atoms with Crippen molar-refractivity contribution in [2.24, 2.45) is 0 Å². The number of carbonyl (C=O) groups excluding carboxylic acids is 2. The number of Topliss-reactive ketones (excluding diaryl/α,β-unsaturated/α-hetero) is 1. The van der Waals surface area contributed by atoms with Crippen molar-refractivity contribution in [3.05, 3.63) is 58.7 Å². The minimum absolute atomic E-state index is 0.0542. The molecule has 1 atom stereocenters. The fraction of sp³-hybridized carbons (Fsp3) is 0.429. The first-order valence-electron chi connectivity index (χ1n) is 12.5. The Hall–Kier alpha value is -3.56. The number of aryl methyl sites for hydroxylation is 1. The Morgan fingerprint density at radius 2 is 1.84 bits per heavy atom. The molecule has 0 spiro atoms. The van der Waals surface area contributed by atoms with E-state index in [0.29, 0.717) is 66.8 Å². The lowest BCUT2D eigenvalue weighted by atomic mass is 9.93. The zero-order valence-corrected chi connectivity index (χ0v) is 21.8. The molecule has 2 saturated heterocycles. The molecule has 0 radical (unpaired) electrons. The lowest BCUT2D eigenvalue weighted by molar-refractivity contribution is -0.907. The third-order valence-electron chi connectivity index (χ3n) is 6.92. The summed E-state index contributed by atoms with van der Waals surface area (Å²) in [6.45, 7) is 8.08. The van der Waals surface area contributed by atoms with E-state index in [2.05, 4.69) is 0 Å². The first kappa shape index (κ1) is 26.5. The van der Waals surface area contributed by atoms with Crippen molar-refractivity contribution in [1.82, 2.24) is 4.90 Å². The second-order valence-corrected chi connectivity index (χ2v) is 9.11. The molecule has 9 nitrogen and oxygen atoms in total. The molecule has 2 heterocycles. The summed E-state index contributed by atoms with van der Waals surface area (Å²) in [5, 5.41) is 13.8. The van der Waals surface area contributed by atoms with E-state index in [9.17, 15) is 14.7 Å². The number of carbonyl (C=O) groups is 2. The number of nitrogens with one attached hydrogen (secondary N) is 1. The Labute approximate surface area is 217 Å². The largest absolute Gasteiger partial charge is 0.872 e. The van der Waals surface area contributed by atoms with Crippen LogP contribution in [0.2, 0.25) is 0 Å². The van der Waals surface area contributed by atoms with Crippen molar-refractivity contribution in [2.45, 2.75) is 19.9 Å². The second kappa shape index (κ2) is 11.7. The molecule has 0 bridgehead atoms. The van der Waals surface area contributed by atoms with Gasteiger partial charge in [-0.25, -0.2) is 0 Å². The predicted molar refractivity (Wildman–Crippen MR) is 135 cm³/mol. The number of quaternary nitrogens is 1. The number of morpholine rings is 1. The van der Waals surface area contributed by atoms with E-state index in [1.165, 1.54) is 16.9 Å². The summed E-state index contributed by atoms with van der Waals surface area (Å²) in [4.78, 5) is 29.5. The topological polar surface area (TPSA) is 102 Å². The monoisotopic (exact) mass is 510 g/mol. The number of hydrogen-bond acceptors (Lipinski definition) is 7. The highest BCUT2D eigenvalue weighted by molar-refractivity contribution is 6.46. The number of amides is 1. The first-order valence-corrected chi connectivity index (χ1v) is 12.5. The molecule has 1 unspecified atom stereocenters. The summed E-state index contributed by atoms with van der Waals surface area (Å²) >= 11 is 0. The molecule has 2 aliphatic heterocycles. The molecular weight excluding hydrogens is 476 g/mol. The van der Waals surface area contributed by atoms with Crippen LogP contribution in [0.1, 0.15) is 29.7 Å². The molecule has 198 valence electrons. The van der Waals surface area contributed by atoms with Crippen LogP contribution in [0.3, 0.4) is 0 Å². The van der Waals surface area contributed by atoms with Crippen molar-refractivity contribution in [2.75, 3.05) is 60.2 Å². The number of methoxy groups -OCH3 is 2. The Morgan fingerprint density at radius 1 is 1.08 bits per heavy atom. The molecule has 2 aromatic rings. The van der Waals surface area contributed by atoms with Crippen molar-refractivity contribution in [3.8, 4) is 17.2 Å². The second-order valence-electron chi connectivity index (χ2n) is 9.11. The van der Waals surface area contributed by atoms with E-state index in [1.807, 2.05) is 6.92 Å². The molecule has 2 aromatic carbocycles. The van der Waals surface area contributed by atoms with E-state index in [4.69, 9.17) is 18.9 Å². The van der Waals surface area contributed by atoms with Gasteiger partial charge in [-0.15, -0.1) is 0 Å². The van der Waals surface area contributed by atoms with Crippen LogP contribution < -0.4 is 24.2 Å². The smallest absolute Gasteiger partial charge is 0.295 e. The normalized spacial score (nSPS) is 19.8. The number of rotatable bonds is 9. The Balaban J connectivity index is 1.80. The van der Waals surface area contributed by atoms with Gasteiger partial charge in [0.05, 0.1) is 53.2 Å². The fourth-order valence-corrected chi connectivity index (χ4v) is 4.93. The summed E-state index contributed by atoms with van der Waals surface area (Å²) in [5.41, 5.74) is 1.59. The van der Waals surface area contributed by atoms with Crippen LogP contribution in [0.25, 0.3) is 5.76 Å². The van der Waals surface area contributed by atoms with Gasteiger partial charge in [0.2, 0.25) is 5.78 Å². The molecule has 0 aromatic heterocycles. The first-order chi connectivity index (χ1) is 17.9. The lowest BCUT2D eigenvalue weighted by Gasteiger charge is -2.30. The number of nitrogens with zero attached hydrogens (tertiary/aromatic N) is 1. The van der Waals surface area contributed by atoms with E-state index in [1.54, 1.807) is 50.4 Å². The van der Waals surface area contributed by atoms with Crippen molar-refractivity contribution >= 4 is 17.4 Å². The quantitative estimate of drug-likeness (QED) is 0.299. The van der Waals surface area contributed by atoms with Crippen molar-refractivity contribution in [1.29, 1.82) is 0 Å². The minimum Gasteiger partial charge on any atom is -0.872 e. The van der Waals surface area contributed by atoms with Gasteiger partial charge in [0.25, 0.3) is 5.91 Å². The highest BCUT2D eigenvalue weighted by Crippen LogP contribution is 2.41. The van der Waals surface area contributed by atoms with Crippen LogP contribution in [0.5, 0.6) is 17.2 Å². The molecule has 0 aliphatic carbocycles. The van der Waals surface area contributed by atoms with E-state index < -0.39 is 23.5 Å². The van der Waals surface area contributed by atoms with Crippen LogP contribution in [0.15, 0.2) is 42.0 Å². The maximum Gasteiger partial charge on any atom is 0.295 e. The van der Waals surface area contributed by atoms with Gasteiger partial charge < -0.3 is 33.9 Å². The van der Waals surface area contributed by atoms with Crippen LogP contribution in [-0.4, -0.2) is 76.8 Å². The summed E-state index contributed by atoms with van der Waals surface area (Å²) in [5.74, 6) is -0.270. The Bertz CT molecular complexity index is 1190. The number of hydrogen-bond donors (Lipinski definition) is 1. The average molecular weight is 511 g/mol. The standard InChI is InChI=1S/C28H34N2O7/c1-5-37-22-9-6-19(17-23(22)35-4)25-24(26(31)21-8-7-20(34-3)16-18(21)2)27(32)28(33)30(25)11-10-29-12-14-36-15-13-29/h6-9,16-17,25,31H,5,10-15H2,1-4H3. The summed E-state index contributed by atoms with van der Waals surface area (Å²) in [6.07, 6.45) is 0. The average Bonchev–Trinajstić information content (AvgIpc) is 3.17. The van der Waals surface area contributed by atoms with Gasteiger partial charge >= 0.3 is 0 Å². The maximum absolute atomic E-state index is 13.8. The lowest BCUT2D eigenvalue weighted by Crippen LogP contribution is -3.14. The maximum atomic E-state index is 13.8. The minimum atomic E-state index is -0.834. The van der Waals surface area contributed by atoms with Crippen molar-refractivity contribution in [3.63, 3.8) is 0 Å². The molecule has 1 N–H and O–H groups in total. The molecule has 4 rings (SSSR count). The number of ketones is 1. The zero-order chi connectivity index (χ0) is 26.5. The molecule has 1 amide bonds. The van der Waals surface area contributed by atoms with Crippen LogP contribution in [-0.2, 0) is 14.3 Å². The number of benzene rings is 2. The third kappa shape index (κ3) is 5.42. The summed E-state index contributed by atoms with van der Waals surface area (Å²) < 4.78 is 21.9. The molecule has 2 aliphatic rings.